The van der Waals surface area contributed by atoms with Crippen molar-refractivity contribution >= 4 is 0 Å². The molecule has 3 heteroatoms. The van der Waals surface area contributed by atoms with Crippen molar-refractivity contribution in [2.24, 2.45) is 5.92 Å². The third kappa shape index (κ3) is 3.21. The number of hydrogen-bond acceptors (Lipinski definition) is 3. The first-order valence-electron chi connectivity index (χ1n) is 7.33. The van der Waals surface area contributed by atoms with Gasteiger partial charge in [0.1, 0.15) is 0 Å². The molecule has 2 saturated heterocycles. The van der Waals surface area contributed by atoms with Crippen LogP contribution in [-0.2, 0) is 4.74 Å². The van der Waals surface area contributed by atoms with Gasteiger partial charge in [-0.2, -0.15) is 0 Å². The molecule has 3 nitrogen and oxygen atoms in total. The third-order valence-electron chi connectivity index (χ3n) is 4.58. The summed E-state index contributed by atoms with van der Waals surface area (Å²) in [6.07, 6.45) is 4.20. The summed E-state index contributed by atoms with van der Waals surface area (Å²) < 4.78 is 5.69. The van der Waals surface area contributed by atoms with Gasteiger partial charge in [0.2, 0.25) is 0 Å². The van der Waals surface area contributed by atoms with Gasteiger partial charge >= 0.3 is 0 Å². The van der Waals surface area contributed by atoms with Crippen molar-refractivity contribution in [3.05, 3.63) is 0 Å². The molecule has 4 atom stereocenters. The molecule has 100 valence electrons. The fourth-order valence-electron chi connectivity index (χ4n) is 3.15. The summed E-state index contributed by atoms with van der Waals surface area (Å²) in [7, 11) is 0. The summed E-state index contributed by atoms with van der Waals surface area (Å²) in [5.41, 5.74) is 0. The second-order valence-electron chi connectivity index (χ2n) is 5.65. The Kier molecular flexibility index (Phi) is 4.83. The van der Waals surface area contributed by atoms with Crippen molar-refractivity contribution in [1.29, 1.82) is 0 Å². The Morgan fingerprint density at radius 3 is 2.71 bits per heavy atom. The van der Waals surface area contributed by atoms with Crippen molar-refractivity contribution in [3.63, 3.8) is 0 Å². The molecule has 0 aromatic rings. The van der Waals surface area contributed by atoms with Gasteiger partial charge in [-0.25, -0.2) is 0 Å². The van der Waals surface area contributed by atoms with E-state index in [1.54, 1.807) is 0 Å². The maximum atomic E-state index is 5.69. The van der Waals surface area contributed by atoms with Crippen molar-refractivity contribution in [3.8, 4) is 0 Å². The topological polar surface area (TPSA) is 24.5 Å². The predicted octanol–water partition coefficient (Wildman–Crippen LogP) is 1.87. The van der Waals surface area contributed by atoms with E-state index in [1.807, 2.05) is 0 Å². The van der Waals surface area contributed by atoms with Crippen LogP contribution in [0.15, 0.2) is 0 Å². The zero-order valence-corrected chi connectivity index (χ0v) is 11.6. The lowest BCUT2D eigenvalue weighted by atomic mass is 9.98. The van der Waals surface area contributed by atoms with Crippen LogP contribution in [0, 0.1) is 5.92 Å². The molecule has 0 aliphatic carbocycles. The van der Waals surface area contributed by atoms with Crippen LogP contribution in [0.3, 0.4) is 0 Å². The van der Waals surface area contributed by atoms with E-state index in [-0.39, 0.29) is 0 Å². The number of ether oxygens (including phenoxy) is 1. The normalized spacial score (nSPS) is 39.7. The molecule has 0 amide bonds. The highest BCUT2D eigenvalue weighted by Crippen LogP contribution is 2.24. The Bertz CT molecular complexity index is 234. The van der Waals surface area contributed by atoms with E-state index in [0.29, 0.717) is 12.1 Å². The fraction of sp³-hybridized carbons (Fsp3) is 1.00. The van der Waals surface area contributed by atoms with Crippen LogP contribution in [0.4, 0.5) is 0 Å². The Balaban J connectivity index is 1.90. The van der Waals surface area contributed by atoms with E-state index in [1.165, 1.54) is 32.4 Å². The van der Waals surface area contributed by atoms with Gasteiger partial charge in [-0.15, -0.1) is 0 Å². The number of nitrogens with one attached hydrogen (secondary N) is 1. The summed E-state index contributed by atoms with van der Waals surface area (Å²) >= 11 is 0. The predicted molar refractivity (Wildman–Crippen MR) is 71.3 cm³/mol. The SMILES string of the molecule is CCC1CN(CC2CCOC2C)C(CC)CN1. The quantitative estimate of drug-likeness (QED) is 0.812. The summed E-state index contributed by atoms with van der Waals surface area (Å²) in [4.78, 5) is 2.71. The van der Waals surface area contributed by atoms with E-state index < -0.39 is 0 Å². The van der Waals surface area contributed by atoms with Crippen molar-refractivity contribution < 1.29 is 4.74 Å². The number of nitrogens with zero attached hydrogens (tertiary/aromatic N) is 1. The van der Waals surface area contributed by atoms with Gasteiger partial charge < -0.3 is 10.1 Å². The molecule has 2 heterocycles. The lowest BCUT2D eigenvalue weighted by Gasteiger charge is -2.41. The third-order valence-corrected chi connectivity index (χ3v) is 4.58. The van der Waals surface area contributed by atoms with Crippen LogP contribution in [-0.4, -0.2) is 49.3 Å². The molecule has 0 bridgehead atoms. The van der Waals surface area contributed by atoms with Gasteiger partial charge in [0, 0.05) is 38.3 Å². The number of hydrogen-bond donors (Lipinski definition) is 1. The molecule has 1 N–H and O–H groups in total. The standard InChI is InChI=1S/C14H28N2O/c1-4-13-10-16(14(5-2)8-15-13)9-12-6-7-17-11(12)3/h11-15H,4-10H2,1-3H3. The Hall–Kier alpha value is -0.120. The lowest BCUT2D eigenvalue weighted by molar-refractivity contribution is 0.0658. The van der Waals surface area contributed by atoms with Crippen molar-refractivity contribution in [2.45, 2.75) is 58.2 Å². The fourth-order valence-corrected chi connectivity index (χ4v) is 3.15. The lowest BCUT2D eigenvalue weighted by Crippen LogP contribution is -2.57. The molecule has 2 rings (SSSR count). The van der Waals surface area contributed by atoms with Gasteiger partial charge in [0.15, 0.2) is 0 Å². The van der Waals surface area contributed by atoms with Crippen LogP contribution in [0.25, 0.3) is 0 Å². The molecule has 17 heavy (non-hydrogen) atoms. The minimum absolute atomic E-state index is 0.461. The van der Waals surface area contributed by atoms with E-state index in [9.17, 15) is 0 Å². The molecule has 2 fully saturated rings. The summed E-state index contributed by atoms with van der Waals surface area (Å²) in [6.45, 7) is 11.4. The molecule has 2 aliphatic rings. The number of rotatable bonds is 4. The minimum atomic E-state index is 0.461. The maximum Gasteiger partial charge on any atom is 0.0588 e. The first-order chi connectivity index (χ1) is 8.24. The van der Waals surface area contributed by atoms with Gasteiger partial charge in [-0.1, -0.05) is 13.8 Å². The van der Waals surface area contributed by atoms with Crippen LogP contribution in [0.1, 0.15) is 40.0 Å². The molecule has 4 unspecified atom stereocenters. The smallest absolute Gasteiger partial charge is 0.0588 e. The minimum Gasteiger partial charge on any atom is -0.378 e. The van der Waals surface area contributed by atoms with Gasteiger partial charge in [0.25, 0.3) is 0 Å². The van der Waals surface area contributed by atoms with Crippen molar-refractivity contribution in [2.75, 3.05) is 26.2 Å². The second-order valence-corrected chi connectivity index (χ2v) is 5.65. The average Bonchev–Trinajstić information content (AvgIpc) is 2.75. The average molecular weight is 240 g/mol. The first-order valence-corrected chi connectivity index (χ1v) is 7.33. The van der Waals surface area contributed by atoms with Crippen LogP contribution in [0.5, 0.6) is 0 Å². The largest absolute Gasteiger partial charge is 0.378 e. The van der Waals surface area contributed by atoms with Crippen LogP contribution < -0.4 is 5.32 Å². The Morgan fingerprint density at radius 1 is 1.29 bits per heavy atom. The summed E-state index contributed by atoms with van der Waals surface area (Å²) in [5.74, 6) is 0.750. The maximum absolute atomic E-state index is 5.69. The first kappa shape index (κ1) is 13.3. The van der Waals surface area contributed by atoms with Crippen molar-refractivity contribution in [1.82, 2.24) is 10.2 Å². The molecule has 0 saturated carbocycles. The zero-order chi connectivity index (χ0) is 12.3. The molecule has 0 aromatic carbocycles. The van der Waals surface area contributed by atoms with Crippen LogP contribution >= 0.6 is 0 Å². The number of piperazine rings is 1. The molecular formula is C14H28N2O. The summed E-state index contributed by atoms with van der Waals surface area (Å²) in [6, 6.07) is 1.42. The van der Waals surface area contributed by atoms with E-state index in [4.69, 9.17) is 4.74 Å². The molecule has 0 spiro atoms. The second kappa shape index (κ2) is 6.17. The van der Waals surface area contributed by atoms with E-state index >= 15 is 0 Å². The Morgan fingerprint density at radius 2 is 2.12 bits per heavy atom. The highest BCUT2D eigenvalue weighted by molar-refractivity contribution is 4.87. The van der Waals surface area contributed by atoms with Gasteiger partial charge in [-0.3, -0.25) is 4.90 Å². The monoisotopic (exact) mass is 240 g/mol. The highest BCUT2D eigenvalue weighted by atomic mass is 16.5. The highest BCUT2D eigenvalue weighted by Gasteiger charge is 2.31. The van der Waals surface area contributed by atoms with E-state index in [2.05, 4.69) is 31.0 Å². The molecule has 2 aliphatic heterocycles. The summed E-state index contributed by atoms with van der Waals surface area (Å²) in [5, 5.41) is 3.66. The molecular weight excluding hydrogens is 212 g/mol. The van der Waals surface area contributed by atoms with Gasteiger partial charge in [0.05, 0.1) is 6.10 Å². The molecule has 0 radical (unpaired) electrons. The zero-order valence-electron chi connectivity index (χ0n) is 11.6. The molecule has 0 aromatic heterocycles. The van der Waals surface area contributed by atoms with E-state index in [0.717, 1.165) is 25.1 Å². The van der Waals surface area contributed by atoms with Crippen LogP contribution in [0.2, 0.25) is 0 Å². The van der Waals surface area contributed by atoms with Gasteiger partial charge in [-0.05, 0) is 32.1 Å². The Labute approximate surface area is 106 Å².